The minimum atomic E-state index is 0.126. The summed E-state index contributed by atoms with van der Waals surface area (Å²) in [6, 6.07) is 2.75. The summed E-state index contributed by atoms with van der Waals surface area (Å²) in [5, 5.41) is 7.37. The van der Waals surface area contributed by atoms with Crippen molar-refractivity contribution >= 4 is 6.03 Å². The van der Waals surface area contributed by atoms with Crippen LogP contribution in [0.4, 0.5) is 4.79 Å². The molecule has 2 aliphatic rings. The van der Waals surface area contributed by atoms with Gasteiger partial charge in [0.15, 0.2) is 0 Å². The fraction of sp³-hybridized carbons (Fsp3) is 0.778. The average Bonchev–Trinajstić information content (AvgIpc) is 3.25. The Hall–Kier alpha value is -1.56. The normalized spacial score (nSPS) is 22.9. The summed E-state index contributed by atoms with van der Waals surface area (Å²) in [5.74, 6) is 0.713. The van der Waals surface area contributed by atoms with Crippen molar-refractivity contribution in [2.45, 2.75) is 51.1 Å². The van der Waals surface area contributed by atoms with E-state index in [1.165, 1.54) is 19.4 Å². The number of rotatable bonds is 6. The van der Waals surface area contributed by atoms with Crippen LogP contribution in [0.5, 0.6) is 0 Å². The zero-order valence-electron chi connectivity index (χ0n) is 14.9. The molecule has 0 spiro atoms. The first-order valence-electron chi connectivity index (χ1n) is 9.43. The summed E-state index contributed by atoms with van der Waals surface area (Å²) in [7, 11) is 2.19. The van der Waals surface area contributed by atoms with E-state index in [1.54, 1.807) is 0 Å². The third-order valence-electron chi connectivity index (χ3n) is 5.65. The summed E-state index contributed by atoms with van der Waals surface area (Å²) >= 11 is 0. The van der Waals surface area contributed by atoms with Crippen molar-refractivity contribution in [3.8, 4) is 0 Å². The van der Waals surface area contributed by atoms with E-state index in [0.29, 0.717) is 12.0 Å². The molecule has 134 valence electrons. The van der Waals surface area contributed by atoms with Gasteiger partial charge in [0.25, 0.3) is 0 Å². The molecule has 0 aliphatic carbocycles. The third kappa shape index (κ3) is 4.72. The lowest BCUT2D eigenvalue weighted by Gasteiger charge is -2.32. The van der Waals surface area contributed by atoms with Gasteiger partial charge < -0.3 is 15.1 Å². The van der Waals surface area contributed by atoms with Crippen molar-refractivity contribution in [1.82, 2.24) is 24.9 Å². The highest BCUT2D eigenvalue weighted by Gasteiger charge is 2.24. The molecule has 0 aromatic carbocycles. The SMILES string of the molecule is CN1CCC[C@@H]1CCNC(=O)N1CCC(CCn2cccn2)CC1. The molecule has 1 N–H and O–H groups in total. The van der Waals surface area contributed by atoms with E-state index in [4.69, 9.17) is 0 Å². The van der Waals surface area contributed by atoms with E-state index in [0.717, 1.165) is 51.9 Å². The minimum absolute atomic E-state index is 0.126. The molecule has 2 fully saturated rings. The molecule has 1 atom stereocenters. The zero-order chi connectivity index (χ0) is 16.8. The third-order valence-corrected chi connectivity index (χ3v) is 5.65. The molecule has 6 heteroatoms. The van der Waals surface area contributed by atoms with Gasteiger partial charge in [-0.05, 0) is 64.1 Å². The second kappa shape index (κ2) is 8.51. The summed E-state index contributed by atoms with van der Waals surface area (Å²) in [5.41, 5.74) is 0. The van der Waals surface area contributed by atoms with E-state index < -0.39 is 0 Å². The van der Waals surface area contributed by atoms with Crippen LogP contribution in [-0.2, 0) is 6.54 Å². The quantitative estimate of drug-likeness (QED) is 0.868. The zero-order valence-corrected chi connectivity index (χ0v) is 14.9. The Balaban J connectivity index is 1.30. The van der Waals surface area contributed by atoms with Gasteiger partial charge in [0.2, 0.25) is 0 Å². The number of aromatic nitrogens is 2. The Labute approximate surface area is 145 Å². The number of nitrogens with one attached hydrogen (secondary N) is 1. The lowest BCUT2D eigenvalue weighted by molar-refractivity contribution is 0.165. The predicted octanol–water partition coefficient (Wildman–Crippen LogP) is 2.18. The van der Waals surface area contributed by atoms with E-state index in [2.05, 4.69) is 22.4 Å². The molecule has 3 heterocycles. The molecule has 0 bridgehead atoms. The first kappa shape index (κ1) is 17.3. The Morgan fingerprint density at radius 3 is 2.71 bits per heavy atom. The van der Waals surface area contributed by atoms with E-state index in [-0.39, 0.29) is 6.03 Å². The monoisotopic (exact) mass is 333 g/mol. The summed E-state index contributed by atoms with van der Waals surface area (Å²) < 4.78 is 2.00. The molecule has 0 radical (unpaired) electrons. The van der Waals surface area contributed by atoms with E-state index >= 15 is 0 Å². The number of likely N-dealkylation sites (tertiary alicyclic amines) is 2. The second-order valence-corrected chi connectivity index (χ2v) is 7.29. The Morgan fingerprint density at radius 2 is 2.04 bits per heavy atom. The number of aryl methyl sites for hydroxylation is 1. The topological polar surface area (TPSA) is 53.4 Å². The van der Waals surface area contributed by atoms with Gasteiger partial charge in [-0.3, -0.25) is 4.68 Å². The smallest absolute Gasteiger partial charge is 0.317 e. The Bertz CT molecular complexity index is 496. The van der Waals surface area contributed by atoms with Crippen molar-refractivity contribution in [1.29, 1.82) is 0 Å². The summed E-state index contributed by atoms with van der Waals surface area (Å²) in [4.78, 5) is 16.7. The molecule has 1 aromatic heterocycles. The largest absolute Gasteiger partial charge is 0.338 e. The van der Waals surface area contributed by atoms with Crippen LogP contribution in [-0.4, -0.2) is 64.9 Å². The van der Waals surface area contributed by atoms with Crippen LogP contribution in [0.3, 0.4) is 0 Å². The van der Waals surface area contributed by atoms with Crippen molar-refractivity contribution < 1.29 is 4.79 Å². The van der Waals surface area contributed by atoms with Crippen molar-refractivity contribution in [2.24, 2.45) is 5.92 Å². The van der Waals surface area contributed by atoms with Crippen molar-refractivity contribution in [2.75, 3.05) is 33.2 Å². The first-order chi connectivity index (χ1) is 11.7. The van der Waals surface area contributed by atoms with Crippen LogP contribution in [0.15, 0.2) is 18.5 Å². The number of carbonyl (C=O) groups is 1. The van der Waals surface area contributed by atoms with Gasteiger partial charge in [0.1, 0.15) is 0 Å². The highest BCUT2D eigenvalue weighted by atomic mass is 16.2. The van der Waals surface area contributed by atoms with Crippen LogP contribution >= 0.6 is 0 Å². The van der Waals surface area contributed by atoms with Gasteiger partial charge in [0, 0.05) is 44.6 Å². The molecule has 1 aromatic rings. The molecule has 24 heavy (non-hydrogen) atoms. The van der Waals surface area contributed by atoms with Gasteiger partial charge in [-0.2, -0.15) is 5.10 Å². The first-order valence-corrected chi connectivity index (χ1v) is 9.43. The minimum Gasteiger partial charge on any atom is -0.338 e. The van der Waals surface area contributed by atoms with Gasteiger partial charge in [-0.15, -0.1) is 0 Å². The van der Waals surface area contributed by atoms with Crippen LogP contribution in [0, 0.1) is 5.92 Å². The molecule has 2 amide bonds. The lowest BCUT2D eigenvalue weighted by atomic mass is 9.94. The highest BCUT2D eigenvalue weighted by molar-refractivity contribution is 5.74. The number of urea groups is 1. The van der Waals surface area contributed by atoms with E-state index in [1.807, 2.05) is 28.0 Å². The van der Waals surface area contributed by atoms with Crippen molar-refractivity contribution in [3.63, 3.8) is 0 Å². The van der Waals surface area contributed by atoms with Crippen molar-refractivity contribution in [3.05, 3.63) is 18.5 Å². The van der Waals surface area contributed by atoms with Crippen LogP contribution in [0.1, 0.15) is 38.5 Å². The van der Waals surface area contributed by atoms with E-state index in [9.17, 15) is 4.79 Å². The summed E-state index contributed by atoms with van der Waals surface area (Å²) in [6.07, 6.45) is 10.9. The lowest BCUT2D eigenvalue weighted by Crippen LogP contribution is -2.45. The standard InChI is InChI=1S/C18H31N5O/c1-21-11-2-4-17(21)5-10-19-18(24)22-13-6-16(7-14-22)8-15-23-12-3-9-20-23/h3,9,12,16-17H,2,4-8,10-11,13-15H2,1H3,(H,19,24)/t17-/m1/s1. The summed E-state index contributed by atoms with van der Waals surface area (Å²) in [6.45, 7) is 4.76. The Morgan fingerprint density at radius 1 is 1.21 bits per heavy atom. The fourth-order valence-corrected chi connectivity index (χ4v) is 3.97. The van der Waals surface area contributed by atoms with Gasteiger partial charge in [-0.1, -0.05) is 0 Å². The van der Waals surface area contributed by atoms with Crippen LogP contribution < -0.4 is 5.32 Å². The predicted molar refractivity (Wildman–Crippen MR) is 94.8 cm³/mol. The van der Waals surface area contributed by atoms with Crippen LogP contribution in [0.2, 0.25) is 0 Å². The number of hydrogen-bond donors (Lipinski definition) is 1. The molecular formula is C18H31N5O. The fourth-order valence-electron chi connectivity index (χ4n) is 3.97. The maximum absolute atomic E-state index is 12.3. The molecule has 2 aliphatic heterocycles. The van der Waals surface area contributed by atoms with Gasteiger partial charge in [0.05, 0.1) is 0 Å². The van der Waals surface area contributed by atoms with Gasteiger partial charge in [-0.25, -0.2) is 4.79 Å². The molecule has 0 saturated carbocycles. The number of carbonyl (C=O) groups excluding carboxylic acids is 1. The number of nitrogens with zero attached hydrogens (tertiary/aromatic N) is 4. The maximum atomic E-state index is 12.3. The number of hydrogen-bond acceptors (Lipinski definition) is 3. The second-order valence-electron chi connectivity index (χ2n) is 7.29. The molecule has 3 rings (SSSR count). The van der Waals surface area contributed by atoms with Crippen LogP contribution in [0.25, 0.3) is 0 Å². The molecule has 0 unspecified atom stereocenters. The molecule has 2 saturated heterocycles. The Kier molecular flexibility index (Phi) is 6.12. The number of amides is 2. The molecule has 6 nitrogen and oxygen atoms in total. The highest BCUT2D eigenvalue weighted by Crippen LogP contribution is 2.21. The number of piperidine rings is 1. The average molecular weight is 333 g/mol. The maximum Gasteiger partial charge on any atom is 0.317 e. The molecular weight excluding hydrogens is 302 g/mol. The van der Waals surface area contributed by atoms with Gasteiger partial charge >= 0.3 is 6.03 Å².